The summed E-state index contributed by atoms with van der Waals surface area (Å²) >= 11 is 0. The van der Waals surface area contributed by atoms with Gasteiger partial charge in [0, 0.05) is 0 Å². The Morgan fingerprint density at radius 3 is 2.93 bits per heavy atom. The second-order valence-corrected chi connectivity index (χ2v) is 4.07. The van der Waals surface area contributed by atoms with Crippen molar-refractivity contribution in [3.63, 3.8) is 0 Å². The number of allylic oxidation sites excluding steroid dienone is 1. The first-order valence-electron chi connectivity index (χ1n) is 5.23. The largest absolute Gasteiger partial charge is 0.508 e. The number of fused-ring (bicyclic) bond motifs is 1. The van der Waals surface area contributed by atoms with Crippen molar-refractivity contribution < 1.29 is 5.11 Å². The molecule has 0 spiro atoms. The van der Waals surface area contributed by atoms with Crippen LogP contribution in [0.5, 0.6) is 5.75 Å². The maximum absolute atomic E-state index is 9.40. The molecule has 0 aromatic heterocycles. The maximum atomic E-state index is 9.40. The zero-order valence-corrected chi connectivity index (χ0v) is 8.75. The third kappa shape index (κ3) is 1.54. The van der Waals surface area contributed by atoms with Crippen molar-refractivity contribution in [1.29, 1.82) is 0 Å². The predicted molar refractivity (Wildman–Crippen MR) is 59.4 cm³/mol. The molecule has 1 unspecified atom stereocenters. The van der Waals surface area contributed by atoms with E-state index in [4.69, 9.17) is 0 Å². The molecule has 0 bridgehead atoms. The Hall–Kier alpha value is -1.24. The smallest absolute Gasteiger partial charge is 0.116 e. The van der Waals surface area contributed by atoms with Gasteiger partial charge in [0.05, 0.1) is 0 Å². The van der Waals surface area contributed by atoms with Crippen molar-refractivity contribution in [1.82, 2.24) is 0 Å². The Balaban J connectivity index is 2.50. The van der Waals surface area contributed by atoms with Crippen LogP contribution in [0.15, 0.2) is 23.8 Å². The van der Waals surface area contributed by atoms with E-state index in [1.807, 2.05) is 12.1 Å². The van der Waals surface area contributed by atoms with Gasteiger partial charge in [-0.25, -0.2) is 0 Å². The van der Waals surface area contributed by atoms with Gasteiger partial charge in [0.15, 0.2) is 0 Å². The number of phenols is 1. The van der Waals surface area contributed by atoms with Gasteiger partial charge in [-0.15, -0.1) is 0 Å². The molecule has 1 aliphatic rings. The molecule has 1 aromatic carbocycles. The summed E-state index contributed by atoms with van der Waals surface area (Å²) in [5.41, 5.74) is 4.04. The van der Waals surface area contributed by atoms with E-state index in [0.29, 0.717) is 11.7 Å². The van der Waals surface area contributed by atoms with Gasteiger partial charge in [-0.05, 0) is 42.0 Å². The minimum atomic E-state index is 0.365. The Morgan fingerprint density at radius 2 is 2.21 bits per heavy atom. The zero-order valence-electron chi connectivity index (χ0n) is 8.75. The Bertz CT molecular complexity index is 377. The number of benzene rings is 1. The van der Waals surface area contributed by atoms with Gasteiger partial charge in [-0.1, -0.05) is 31.6 Å². The van der Waals surface area contributed by atoms with E-state index >= 15 is 0 Å². The number of hydrogen-bond donors (Lipinski definition) is 1. The van der Waals surface area contributed by atoms with Crippen LogP contribution in [0.25, 0.3) is 6.08 Å². The number of hydrogen-bond acceptors (Lipinski definition) is 1. The normalized spacial score (nSPS) is 20.1. The summed E-state index contributed by atoms with van der Waals surface area (Å²) in [6, 6.07) is 5.68. The van der Waals surface area contributed by atoms with Crippen LogP contribution in [-0.2, 0) is 0 Å². The number of aromatic hydroxyl groups is 1. The summed E-state index contributed by atoms with van der Waals surface area (Å²) in [5.74, 6) is 0.954. The summed E-state index contributed by atoms with van der Waals surface area (Å²) < 4.78 is 0. The van der Waals surface area contributed by atoms with E-state index in [-0.39, 0.29) is 0 Å². The van der Waals surface area contributed by atoms with Crippen LogP contribution in [0.3, 0.4) is 0 Å². The first kappa shape index (κ1) is 9.32. The highest BCUT2D eigenvalue weighted by atomic mass is 16.3. The monoisotopic (exact) mass is 188 g/mol. The van der Waals surface area contributed by atoms with E-state index in [1.165, 1.54) is 16.7 Å². The van der Waals surface area contributed by atoms with Gasteiger partial charge < -0.3 is 5.11 Å². The quantitative estimate of drug-likeness (QED) is 0.712. The standard InChI is InChI=1S/C13H16O/c1-3-10-6-9(2)13-5-4-12(14)8-11(13)7-10/h4-5,7-9,14H,3,6H2,1-2H3. The van der Waals surface area contributed by atoms with Crippen LogP contribution in [0.1, 0.15) is 43.7 Å². The first-order valence-corrected chi connectivity index (χ1v) is 5.23. The minimum absolute atomic E-state index is 0.365. The minimum Gasteiger partial charge on any atom is -0.508 e. The van der Waals surface area contributed by atoms with Gasteiger partial charge in [-0.3, -0.25) is 0 Å². The van der Waals surface area contributed by atoms with Gasteiger partial charge >= 0.3 is 0 Å². The summed E-state index contributed by atoms with van der Waals surface area (Å²) in [7, 11) is 0. The highest BCUT2D eigenvalue weighted by molar-refractivity contribution is 5.62. The molecule has 0 heterocycles. The van der Waals surface area contributed by atoms with Crippen molar-refractivity contribution in [2.45, 2.75) is 32.6 Å². The van der Waals surface area contributed by atoms with Crippen LogP contribution >= 0.6 is 0 Å². The molecule has 1 atom stereocenters. The fourth-order valence-corrected chi connectivity index (χ4v) is 2.16. The number of phenolic OH excluding ortho intramolecular Hbond substituents is 1. The summed E-state index contributed by atoms with van der Waals surface area (Å²) in [6.07, 6.45) is 4.49. The van der Waals surface area contributed by atoms with Gasteiger partial charge in [0.25, 0.3) is 0 Å². The van der Waals surface area contributed by atoms with Crippen molar-refractivity contribution >= 4 is 6.08 Å². The fourth-order valence-electron chi connectivity index (χ4n) is 2.16. The van der Waals surface area contributed by atoms with Crippen LogP contribution in [0.4, 0.5) is 0 Å². The van der Waals surface area contributed by atoms with Crippen LogP contribution in [0, 0.1) is 0 Å². The summed E-state index contributed by atoms with van der Waals surface area (Å²) in [6.45, 7) is 4.44. The third-order valence-corrected chi connectivity index (χ3v) is 2.98. The molecule has 1 heteroatoms. The first-order chi connectivity index (χ1) is 6.70. The molecule has 1 aliphatic carbocycles. The van der Waals surface area contributed by atoms with Gasteiger partial charge in [0.1, 0.15) is 5.75 Å². The lowest BCUT2D eigenvalue weighted by atomic mass is 9.83. The van der Waals surface area contributed by atoms with Gasteiger partial charge in [0.2, 0.25) is 0 Å². The predicted octanol–water partition coefficient (Wildman–Crippen LogP) is 3.69. The molecule has 0 saturated heterocycles. The molecule has 0 saturated carbocycles. The highest BCUT2D eigenvalue weighted by Crippen LogP contribution is 2.35. The van der Waals surface area contributed by atoms with Gasteiger partial charge in [-0.2, -0.15) is 0 Å². The molecular formula is C13H16O. The molecule has 0 aliphatic heterocycles. The lowest BCUT2D eigenvalue weighted by molar-refractivity contribution is 0.474. The summed E-state index contributed by atoms with van der Waals surface area (Å²) in [5, 5.41) is 9.40. The zero-order chi connectivity index (χ0) is 10.1. The Morgan fingerprint density at radius 1 is 1.43 bits per heavy atom. The molecule has 2 rings (SSSR count). The Labute approximate surface area is 85.1 Å². The van der Waals surface area contributed by atoms with E-state index < -0.39 is 0 Å². The van der Waals surface area contributed by atoms with E-state index in [0.717, 1.165) is 12.8 Å². The van der Waals surface area contributed by atoms with Crippen LogP contribution in [0.2, 0.25) is 0 Å². The molecule has 0 radical (unpaired) electrons. The average Bonchev–Trinajstić information content (AvgIpc) is 2.16. The van der Waals surface area contributed by atoms with Crippen molar-refractivity contribution in [3.05, 3.63) is 34.9 Å². The highest BCUT2D eigenvalue weighted by Gasteiger charge is 2.16. The third-order valence-electron chi connectivity index (χ3n) is 2.98. The van der Waals surface area contributed by atoms with E-state index in [2.05, 4.69) is 19.9 Å². The molecule has 74 valence electrons. The van der Waals surface area contributed by atoms with Crippen LogP contribution in [-0.4, -0.2) is 5.11 Å². The lowest BCUT2D eigenvalue weighted by Gasteiger charge is -2.22. The molecule has 14 heavy (non-hydrogen) atoms. The molecule has 1 aromatic rings. The van der Waals surface area contributed by atoms with Crippen molar-refractivity contribution in [2.75, 3.05) is 0 Å². The lowest BCUT2D eigenvalue weighted by Crippen LogP contribution is -2.03. The molecular weight excluding hydrogens is 172 g/mol. The second kappa shape index (κ2) is 3.49. The Kier molecular flexibility index (Phi) is 2.32. The topological polar surface area (TPSA) is 20.2 Å². The second-order valence-electron chi connectivity index (χ2n) is 4.07. The average molecular weight is 188 g/mol. The van der Waals surface area contributed by atoms with E-state index in [1.54, 1.807) is 6.07 Å². The van der Waals surface area contributed by atoms with Crippen molar-refractivity contribution in [2.24, 2.45) is 0 Å². The van der Waals surface area contributed by atoms with E-state index in [9.17, 15) is 5.11 Å². The SMILES string of the molecule is CCC1=Cc2cc(O)ccc2C(C)C1. The molecule has 0 amide bonds. The molecule has 1 nitrogen and oxygen atoms in total. The number of rotatable bonds is 1. The maximum Gasteiger partial charge on any atom is 0.116 e. The van der Waals surface area contributed by atoms with Crippen LogP contribution < -0.4 is 0 Å². The molecule has 1 N–H and O–H groups in total. The summed E-state index contributed by atoms with van der Waals surface area (Å²) in [4.78, 5) is 0. The fraction of sp³-hybridized carbons (Fsp3) is 0.385. The van der Waals surface area contributed by atoms with Crippen molar-refractivity contribution in [3.8, 4) is 5.75 Å². The molecule has 0 fully saturated rings.